The van der Waals surface area contributed by atoms with E-state index in [1.165, 1.54) is 5.56 Å². The zero-order valence-corrected chi connectivity index (χ0v) is 9.83. The van der Waals surface area contributed by atoms with Crippen molar-refractivity contribution < 1.29 is 4.21 Å². The molecule has 0 heterocycles. The van der Waals surface area contributed by atoms with Crippen LogP contribution in [0.5, 0.6) is 0 Å². The highest BCUT2D eigenvalue weighted by molar-refractivity contribution is 7.86. The van der Waals surface area contributed by atoms with E-state index in [2.05, 4.69) is 4.72 Å². The normalized spacial score (nSPS) is 12.1. The molecule has 0 aliphatic carbocycles. The fourth-order valence-corrected chi connectivity index (χ4v) is 2.20. The highest BCUT2D eigenvalue weighted by Crippen LogP contribution is 2.13. The Kier molecular flexibility index (Phi) is 3.37. The Labute approximate surface area is 97.9 Å². The lowest BCUT2D eigenvalue weighted by molar-refractivity contribution is 0.686. The van der Waals surface area contributed by atoms with Gasteiger partial charge in [-0.3, -0.25) is 0 Å². The lowest BCUT2D eigenvalue weighted by Gasteiger charge is -2.05. The maximum Gasteiger partial charge on any atom is 0.150 e. The summed E-state index contributed by atoms with van der Waals surface area (Å²) in [4.78, 5) is 0.781. The fourth-order valence-electron chi connectivity index (χ4n) is 1.33. The van der Waals surface area contributed by atoms with E-state index in [9.17, 15) is 4.21 Å². The zero-order valence-electron chi connectivity index (χ0n) is 9.01. The van der Waals surface area contributed by atoms with Crippen molar-refractivity contribution in [2.45, 2.75) is 11.8 Å². The van der Waals surface area contributed by atoms with Crippen molar-refractivity contribution in [3.05, 3.63) is 60.2 Å². The Morgan fingerprint density at radius 2 is 1.56 bits per heavy atom. The van der Waals surface area contributed by atoms with Gasteiger partial charge in [-0.25, -0.2) is 4.21 Å². The van der Waals surface area contributed by atoms with Gasteiger partial charge in [0.25, 0.3) is 0 Å². The highest BCUT2D eigenvalue weighted by atomic mass is 32.2. The second-order valence-corrected chi connectivity index (χ2v) is 4.76. The molecule has 82 valence electrons. The number of nitrogens with one attached hydrogen (secondary N) is 1. The molecule has 0 aromatic heterocycles. The summed E-state index contributed by atoms with van der Waals surface area (Å²) in [6.45, 7) is 2.03. The zero-order chi connectivity index (χ0) is 11.4. The van der Waals surface area contributed by atoms with Crippen molar-refractivity contribution in [3.63, 3.8) is 0 Å². The summed E-state index contributed by atoms with van der Waals surface area (Å²) in [6.07, 6.45) is 0. The van der Waals surface area contributed by atoms with Gasteiger partial charge in [0.05, 0.1) is 4.90 Å². The Morgan fingerprint density at radius 1 is 0.938 bits per heavy atom. The molecule has 0 fully saturated rings. The summed E-state index contributed by atoms with van der Waals surface area (Å²) in [7, 11) is -1.19. The molecule has 0 aliphatic heterocycles. The van der Waals surface area contributed by atoms with Crippen LogP contribution in [0.4, 0.5) is 5.69 Å². The highest BCUT2D eigenvalue weighted by Gasteiger charge is 2.02. The van der Waals surface area contributed by atoms with Crippen LogP contribution in [0.1, 0.15) is 5.56 Å². The first kappa shape index (κ1) is 10.9. The van der Waals surface area contributed by atoms with Crippen LogP contribution in [0.15, 0.2) is 59.5 Å². The van der Waals surface area contributed by atoms with E-state index in [0.717, 1.165) is 10.6 Å². The Balaban J connectivity index is 2.11. The molecule has 0 aliphatic rings. The molecule has 16 heavy (non-hydrogen) atoms. The molecule has 0 unspecified atom stereocenters. The van der Waals surface area contributed by atoms with E-state index in [1.807, 2.05) is 61.5 Å². The number of hydrogen-bond donors (Lipinski definition) is 1. The molecule has 0 radical (unpaired) electrons. The smallest absolute Gasteiger partial charge is 0.150 e. The van der Waals surface area contributed by atoms with E-state index >= 15 is 0 Å². The third-order valence-electron chi connectivity index (χ3n) is 2.22. The number of aryl methyl sites for hydroxylation is 1. The van der Waals surface area contributed by atoms with E-state index in [-0.39, 0.29) is 0 Å². The van der Waals surface area contributed by atoms with Crippen molar-refractivity contribution in [2.24, 2.45) is 0 Å². The van der Waals surface area contributed by atoms with Crippen molar-refractivity contribution in [1.29, 1.82) is 0 Å². The summed E-state index contributed by atoms with van der Waals surface area (Å²) in [5.41, 5.74) is 2.06. The summed E-state index contributed by atoms with van der Waals surface area (Å²) in [5.74, 6) is 0. The molecule has 2 rings (SSSR count). The van der Waals surface area contributed by atoms with Gasteiger partial charge in [-0.1, -0.05) is 35.9 Å². The minimum atomic E-state index is -1.19. The maximum absolute atomic E-state index is 11.9. The molecular formula is C13H13NOS. The monoisotopic (exact) mass is 231 g/mol. The minimum Gasteiger partial charge on any atom is -0.301 e. The molecule has 0 bridgehead atoms. The largest absolute Gasteiger partial charge is 0.301 e. The van der Waals surface area contributed by atoms with E-state index in [1.54, 1.807) is 0 Å². The second kappa shape index (κ2) is 4.94. The van der Waals surface area contributed by atoms with Gasteiger partial charge in [0, 0.05) is 5.69 Å². The summed E-state index contributed by atoms with van der Waals surface area (Å²) >= 11 is 0. The quantitative estimate of drug-likeness (QED) is 0.864. The van der Waals surface area contributed by atoms with Crippen LogP contribution >= 0.6 is 0 Å². The van der Waals surface area contributed by atoms with Crippen molar-refractivity contribution in [1.82, 2.24) is 0 Å². The Hall–Kier alpha value is -1.61. The molecule has 1 atom stereocenters. The lowest BCUT2D eigenvalue weighted by Crippen LogP contribution is -2.04. The number of benzene rings is 2. The van der Waals surface area contributed by atoms with Gasteiger partial charge < -0.3 is 4.72 Å². The molecule has 0 saturated heterocycles. The Morgan fingerprint density at radius 3 is 2.19 bits per heavy atom. The van der Waals surface area contributed by atoms with Crippen molar-refractivity contribution >= 4 is 16.7 Å². The summed E-state index contributed by atoms with van der Waals surface area (Å²) in [6, 6.07) is 17.2. The molecule has 2 aromatic rings. The predicted molar refractivity (Wildman–Crippen MR) is 67.7 cm³/mol. The molecule has 0 amide bonds. The van der Waals surface area contributed by atoms with Crippen LogP contribution in [0, 0.1) is 6.92 Å². The van der Waals surface area contributed by atoms with Gasteiger partial charge >= 0.3 is 0 Å². The van der Waals surface area contributed by atoms with E-state index < -0.39 is 11.0 Å². The summed E-state index contributed by atoms with van der Waals surface area (Å²) in [5, 5.41) is 0. The molecule has 0 spiro atoms. The van der Waals surface area contributed by atoms with Gasteiger partial charge in [0.2, 0.25) is 0 Å². The first-order valence-corrected chi connectivity index (χ1v) is 6.21. The van der Waals surface area contributed by atoms with Crippen LogP contribution in [-0.4, -0.2) is 4.21 Å². The molecule has 1 N–H and O–H groups in total. The fraction of sp³-hybridized carbons (Fsp3) is 0.0769. The Bertz CT molecular complexity index is 479. The molecule has 2 nitrogen and oxygen atoms in total. The number of anilines is 1. The van der Waals surface area contributed by atoms with E-state index in [4.69, 9.17) is 0 Å². The van der Waals surface area contributed by atoms with Gasteiger partial charge in [-0.05, 0) is 31.2 Å². The SMILES string of the molecule is Cc1ccc(N[S@](=O)c2ccccc2)cc1. The van der Waals surface area contributed by atoms with Gasteiger partial charge in [-0.2, -0.15) is 0 Å². The van der Waals surface area contributed by atoms with Crippen LogP contribution in [0.25, 0.3) is 0 Å². The number of rotatable bonds is 3. The average molecular weight is 231 g/mol. The van der Waals surface area contributed by atoms with Crippen LogP contribution in [0.2, 0.25) is 0 Å². The van der Waals surface area contributed by atoms with Gasteiger partial charge in [0.1, 0.15) is 11.0 Å². The van der Waals surface area contributed by atoms with Crippen molar-refractivity contribution in [3.8, 4) is 0 Å². The van der Waals surface area contributed by atoms with E-state index in [0.29, 0.717) is 0 Å². The average Bonchev–Trinajstić information content (AvgIpc) is 2.33. The van der Waals surface area contributed by atoms with Crippen LogP contribution in [0.3, 0.4) is 0 Å². The second-order valence-electron chi connectivity index (χ2n) is 3.55. The topological polar surface area (TPSA) is 29.1 Å². The third kappa shape index (κ3) is 2.70. The molecular weight excluding hydrogens is 218 g/mol. The van der Waals surface area contributed by atoms with Crippen LogP contribution < -0.4 is 4.72 Å². The molecule has 3 heteroatoms. The maximum atomic E-state index is 11.9. The van der Waals surface area contributed by atoms with Gasteiger partial charge in [-0.15, -0.1) is 0 Å². The predicted octanol–water partition coefficient (Wildman–Crippen LogP) is 3.13. The lowest BCUT2D eigenvalue weighted by atomic mass is 10.2. The summed E-state index contributed by atoms with van der Waals surface area (Å²) < 4.78 is 14.9. The van der Waals surface area contributed by atoms with Gasteiger partial charge in [0.15, 0.2) is 0 Å². The molecule has 0 saturated carbocycles. The molecule has 2 aromatic carbocycles. The first-order chi connectivity index (χ1) is 7.75. The third-order valence-corrected chi connectivity index (χ3v) is 3.34. The van der Waals surface area contributed by atoms with Crippen molar-refractivity contribution in [2.75, 3.05) is 4.72 Å². The van der Waals surface area contributed by atoms with Crippen LogP contribution in [-0.2, 0) is 11.0 Å². The minimum absolute atomic E-state index is 0.781. The standard InChI is InChI=1S/C13H13NOS/c1-11-7-9-12(10-8-11)14-16(15)13-5-3-2-4-6-13/h2-10,14H,1H3/t16-/m1/s1. The first-order valence-electron chi connectivity index (χ1n) is 5.06. The number of hydrogen-bond acceptors (Lipinski definition) is 1.